The number of carbonyl (C=O) groups excluding carboxylic acids is 1. The number of phenols is 1. The van der Waals surface area contributed by atoms with Gasteiger partial charge >= 0.3 is 0 Å². The standard InChI is InChI=1S/C18H19BrN2O2S/c1-3-11(2)12-8-9-16(22)15(10-12)20-18(24)21-17(23)13-6-4-5-7-14(13)19/h4-11,22H,3H2,1-2H3,(H2,20,21,23,24)/t11-/m0/s1. The molecular formula is C18H19BrN2O2S. The second-order valence-electron chi connectivity index (χ2n) is 5.47. The van der Waals surface area contributed by atoms with Gasteiger partial charge in [-0.15, -0.1) is 0 Å². The Labute approximate surface area is 155 Å². The number of rotatable bonds is 4. The molecule has 0 aliphatic rings. The van der Waals surface area contributed by atoms with Gasteiger partial charge in [0.25, 0.3) is 5.91 Å². The van der Waals surface area contributed by atoms with Crippen LogP contribution in [0, 0.1) is 0 Å². The highest BCUT2D eigenvalue weighted by molar-refractivity contribution is 9.10. The lowest BCUT2D eigenvalue weighted by molar-refractivity contribution is 0.0977. The fourth-order valence-electron chi connectivity index (χ4n) is 2.17. The lowest BCUT2D eigenvalue weighted by Crippen LogP contribution is -2.34. The number of benzene rings is 2. The van der Waals surface area contributed by atoms with E-state index < -0.39 is 0 Å². The molecule has 1 amide bonds. The summed E-state index contributed by atoms with van der Waals surface area (Å²) >= 11 is 8.52. The number of phenolic OH excluding ortho intramolecular Hbond substituents is 1. The summed E-state index contributed by atoms with van der Waals surface area (Å²) in [6.45, 7) is 4.22. The van der Waals surface area contributed by atoms with Crippen molar-refractivity contribution in [1.29, 1.82) is 0 Å². The third-order valence-corrected chi connectivity index (χ3v) is 4.69. The topological polar surface area (TPSA) is 61.4 Å². The summed E-state index contributed by atoms with van der Waals surface area (Å²) in [5.41, 5.74) is 2.06. The highest BCUT2D eigenvalue weighted by atomic mass is 79.9. The largest absolute Gasteiger partial charge is 0.506 e. The van der Waals surface area contributed by atoms with E-state index in [1.165, 1.54) is 0 Å². The maximum Gasteiger partial charge on any atom is 0.258 e. The molecule has 6 heteroatoms. The lowest BCUT2D eigenvalue weighted by atomic mass is 9.98. The van der Waals surface area contributed by atoms with Gasteiger partial charge < -0.3 is 10.4 Å². The molecule has 0 heterocycles. The van der Waals surface area contributed by atoms with Crippen LogP contribution in [-0.2, 0) is 0 Å². The summed E-state index contributed by atoms with van der Waals surface area (Å²) < 4.78 is 0.687. The Morgan fingerprint density at radius 2 is 2.00 bits per heavy atom. The van der Waals surface area contributed by atoms with E-state index in [0.29, 0.717) is 21.6 Å². The smallest absolute Gasteiger partial charge is 0.258 e. The average Bonchev–Trinajstić information content (AvgIpc) is 2.56. The Bertz CT molecular complexity index is 764. The minimum atomic E-state index is -0.322. The highest BCUT2D eigenvalue weighted by Gasteiger charge is 2.13. The van der Waals surface area contributed by atoms with Crippen LogP contribution in [0.2, 0.25) is 0 Å². The molecule has 24 heavy (non-hydrogen) atoms. The van der Waals surface area contributed by atoms with Crippen molar-refractivity contribution < 1.29 is 9.90 Å². The van der Waals surface area contributed by atoms with Crippen molar-refractivity contribution in [2.45, 2.75) is 26.2 Å². The van der Waals surface area contributed by atoms with E-state index in [1.807, 2.05) is 18.2 Å². The molecule has 2 aromatic carbocycles. The number of carbonyl (C=O) groups is 1. The zero-order valence-electron chi connectivity index (χ0n) is 13.5. The van der Waals surface area contributed by atoms with Gasteiger partial charge in [-0.25, -0.2) is 0 Å². The molecule has 0 saturated heterocycles. The van der Waals surface area contributed by atoms with Gasteiger partial charge in [0.1, 0.15) is 5.75 Å². The molecule has 1 atom stereocenters. The maximum atomic E-state index is 12.2. The van der Waals surface area contributed by atoms with Gasteiger partial charge in [0.15, 0.2) is 5.11 Å². The molecule has 0 saturated carbocycles. The molecule has 0 unspecified atom stereocenters. The van der Waals surface area contributed by atoms with Gasteiger partial charge in [0.2, 0.25) is 0 Å². The van der Waals surface area contributed by atoms with E-state index in [9.17, 15) is 9.90 Å². The lowest BCUT2D eigenvalue weighted by Gasteiger charge is -2.15. The first kappa shape index (κ1) is 18.4. The summed E-state index contributed by atoms with van der Waals surface area (Å²) in [4.78, 5) is 12.2. The van der Waals surface area contributed by atoms with Gasteiger partial charge in [-0.3, -0.25) is 10.1 Å². The minimum Gasteiger partial charge on any atom is -0.506 e. The predicted molar refractivity (Wildman–Crippen MR) is 105 cm³/mol. The molecule has 2 aromatic rings. The number of halogens is 1. The average molecular weight is 407 g/mol. The van der Waals surface area contributed by atoms with Crippen LogP contribution in [0.1, 0.15) is 42.1 Å². The SMILES string of the molecule is CC[C@H](C)c1ccc(O)c(NC(=S)NC(=O)c2ccccc2Br)c1. The second-order valence-corrected chi connectivity index (χ2v) is 6.74. The van der Waals surface area contributed by atoms with Crippen LogP contribution >= 0.6 is 28.1 Å². The van der Waals surface area contributed by atoms with Gasteiger partial charge in [-0.05, 0) is 70.3 Å². The van der Waals surface area contributed by atoms with E-state index in [1.54, 1.807) is 24.3 Å². The molecule has 0 spiro atoms. The molecule has 2 rings (SSSR count). The highest BCUT2D eigenvalue weighted by Crippen LogP contribution is 2.29. The number of aromatic hydroxyl groups is 1. The minimum absolute atomic E-state index is 0.0829. The number of anilines is 1. The van der Waals surface area contributed by atoms with Gasteiger partial charge in [-0.1, -0.05) is 32.0 Å². The first-order valence-corrected chi connectivity index (χ1v) is 8.82. The Kier molecular flexibility index (Phi) is 6.34. The van der Waals surface area contributed by atoms with Crippen LogP contribution in [0.15, 0.2) is 46.9 Å². The summed E-state index contributed by atoms with van der Waals surface area (Å²) in [7, 11) is 0. The molecule has 0 radical (unpaired) electrons. The Morgan fingerprint density at radius 1 is 1.29 bits per heavy atom. The van der Waals surface area contributed by atoms with Crippen LogP contribution in [-0.4, -0.2) is 16.1 Å². The second kappa shape index (κ2) is 8.26. The fraction of sp³-hybridized carbons (Fsp3) is 0.222. The van der Waals surface area contributed by atoms with Crippen molar-refractivity contribution in [1.82, 2.24) is 5.32 Å². The number of thiocarbonyl (C=S) groups is 1. The molecular weight excluding hydrogens is 388 g/mol. The third kappa shape index (κ3) is 4.55. The zero-order chi connectivity index (χ0) is 17.7. The number of amides is 1. The Balaban J connectivity index is 2.10. The van der Waals surface area contributed by atoms with E-state index in [-0.39, 0.29) is 16.8 Å². The van der Waals surface area contributed by atoms with Crippen molar-refractivity contribution >= 4 is 44.9 Å². The molecule has 0 aliphatic carbocycles. The quantitative estimate of drug-likeness (QED) is 0.504. The van der Waals surface area contributed by atoms with E-state index >= 15 is 0 Å². The predicted octanol–water partition coefficient (Wildman–Crippen LogP) is 4.80. The molecule has 3 N–H and O–H groups in total. The summed E-state index contributed by atoms with van der Waals surface area (Å²) in [6.07, 6.45) is 0.993. The molecule has 0 fully saturated rings. The van der Waals surface area contributed by atoms with Crippen molar-refractivity contribution in [3.05, 3.63) is 58.1 Å². The van der Waals surface area contributed by atoms with E-state index in [0.717, 1.165) is 12.0 Å². The van der Waals surface area contributed by atoms with Crippen molar-refractivity contribution in [3.8, 4) is 5.75 Å². The Morgan fingerprint density at radius 3 is 2.67 bits per heavy atom. The van der Waals surface area contributed by atoms with Crippen LogP contribution in [0.3, 0.4) is 0 Å². The van der Waals surface area contributed by atoms with Crippen molar-refractivity contribution in [2.75, 3.05) is 5.32 Å². The van der Waals surface area contributed by atoms with Crippen molar-refractivity contribution in [3.63, 3.8) is 0 Å². The molecule has 0 bridgehead atoms. The van der Waals surface area contributed by atoms with Crippen molar-refractivity contribution in [2.24, 2.45) is 0 Å². The first-order chi connectivity index (χ1) is 11.4. The third-order valence-electron chi connectivity index (χ3n) is 3.80. The van der Waals surface area contributed by atoms with Crippen LogP contribution < -0.4 is 10.6 Å². The summed E-state index contributed by atoms with van der Waals surface area (Å²) in [5.74, 6) is 0.131. The molecule has 126 valence electrons. The van der Waals surface area contributed by atoms with E-state index in [2.05, 4.69) is 40.4 Å². The van der Waals surface area contributed by atoms with Gasteiger partial charge in [-0.2, -0.15) is 0 Å². The summed E-state index contributed by atoms with van der Waals surface area (Å²) in [5, 5.41) is 15.6. The molecule has 0 aromatic heterocycles. The maximum absolute atomic E-state index is 12.2. The Hall–Kier alpha value is -1.92. The molecule has 4 nitrogen and oxygen atoms in total. The monoisotopic (exact) mass is 406 g/mol. The first-order valence-electron chi connectivity index (χ1n) is 7.62. The fourth-order valence-corrected chi connectivity index (χ4v) is 2.83. The van der Waals surface area contributed by atoms with Gasteiger partial charge in [0.05, 0.1) is 11.3 Å². The van der Waals surface area contributed by atoms with Crippen LogP contribution in [0.4, 0.5) is 5.69 Å². The summed E-state index contributed by atoms with van der Waals surface area (Å²) in [6, 6.07) is 12.4. The number of hydrogen-bond acceptors (Lipinski definition) is 3. The number of nitrogens with one attached hydrogen (secondary N) is 2. The zero-order valence-corrected chi connectivity index (χ0v) is 15.9. The van der Waals surface area contributed by atoms with Gasteiger partial charge in [0, 0.05) is 4.47 Å². The molecule has 0 aliphatic heterocycles. The van der Waals surface area contributed by atoms with Crippen LogP contribution in [0.25, 0.3) is 0 Å². The normalized spacial score (nSPS) is 11.6. The van der Waals surface area contributed by atoms with E-state index in [4.69, 9.17) is 12.2 Å². The van der Waals surface area contributed by atoms with Crippen LogP contribution in [0.5, 0.6) is 5.75 Å². The number of hydrogen-bond donors (Lipinski definition) is 3.